The minimum absolute atomic E-state index is 0.362. The maximum absolute atomic E-state index is 11.8. The van der Waals surface area contributed by atoms with Gasteiger partial charge < -0.3 is 9.84 Å². The van der Waals surface area contributed by atoms with E-state index in [0.717, 1.165) is 30.6 Å². The molecule has 19 heavy (non-hydrogen) atoms. The van der Waals surface area contributed by atoms with Crippen LogP contribution < -0.4 is 4.74 Å². The van der Waals surface area contributed by atoms with Gasteiger partial charge in [0.05, 0.1) is 12.5 Å². The standard InChI is InChI=1S/C16H20O3/c1-19-14-4-2-3-11(8-14)9-16(15(17)18)10-12-5-6-13(16)7-12/h2-4,8,12-13H,5-7,9-10H2,1H3,(H,17,18)/t12-,13-,16+/m0/s1. The number of fused-ring (bicyclic) bond motifs is 2. The topological polar surface area (TPSA) is 46.5 Å². The molecule has 3 atom stereocenters. The van der Waals surface area contributed by atoms with Gasteiger partial charge in [-0.1, -0.05) is 18.6 Å². The number of aliphatic carboxylic acids is 1. The molecular formula is C16H20O3. The van der Waals surface area contributed by atoms with E-state index in [-0.39, 0.29) is 0 Å². The molecule has 102 valence electrons. The van der Waals surface area contributed by atoms with Crippen LogP contribution in [0.5, 0.6) is 5.75 Å². The quantitative estimate of drug-likeness (QED) is 0.904. The van der Waals surface area contributed by atoms with Gasteiger partial charge in [0.2, 0.25) is 0 Å². The summed E-state index contributed by atoms with van der Waals surface area (Å²) in [6.45, 7) is 0. The first kappa shape index (κ1) is 12.5. The summed E-state index contributed by atoms with van der Waals surface area (Å²) >= 11 is 0. The van der Waals surface area contributed by atoms with Gasteiger partial charge in [0, 0.05) is 0 Å². The van der Waals surface area contributed by atoms with E-state index in [4.69, 9.17) is 4.74 Å². The van der Waals surface area contributed by atoms with Crippen LogP contribution in [0.15, 0.2) is 24.3 Å². The Labute approximate surface area is 113 Å². The first-order chi connectivity index (χ1) is 9.14. The fourth-order valence-electron chi connectivity index (χ4n) is 4.14. The molecule has 1 aromatic rings. The second-order valence-corrected chi connectivity index (χ2v) is 6.07. The van der Waals surface area contributed by atoms with Crippen molar-refractivity contribution < 1.29 is 14.6 Å². The first-order valence-electron chi connectivity index (χ1n) is 7.00. The van der Waals surface area contributed by atoms with Crippen LogP contribution in [0.25, 0.3) is 0 Å². The van der Waals surface area contributed by atoms with Gasteiger partial charge >= 0.3 is 5.97 Å². The predicted molar refractivity (Wildman–Crippen MR) is 72.2 cm³/mol. The molecule has 0 aliphatic heterocycles. The molecule has 3 nitrogen and oxygen atoms in total. The molecular weight excluding hydrogens is 240 g/mol. The zero-order valence-corrected chi connectivity index (χ0v) is 11.3. The van der Waals surface area contributed by atoms with Crippen molar-refractivity contribution in [3.63, 3.8) is 0 Å². The monoisotopic (exact) mass is 260 g/mol. The van der Waals surface area contributed by atoms with Crippen molar-refractivity contribution in [1.29, 1.82) is 0 Å². The van der Waals surface area contributed by atoms with E-state index in [2.05, 4.69) is 0 Å². The summed E-state index contributed by atoms with van der Waals surface area (Å²) in [5.41, 5.74) is 0.546. The van der Waals surface area contributed by atoms with Gasteiger partial charge in [-0.25, -0.2) is 0 Å². The Hall–Kier alpha value is -1.51. The highest BCUT2D eigenvalue weighted by atomic mass is 16.5. The van der Waals surface area contributed by atoms with Gasteiger partial charge in [-0.15, -0.1) is 0 Å². The van der Waals surface area contributed by atoms with Crippen molar-refractivity contribution >= 4 is 5.97 Å². The number of carboxylic acids is 1. The van der Waals surface area contributed by atoms with Gasteiger partial charge in [0.25, 0.3) is 0 Å². The molecule has 0 heterocycles. The van der Waals surface area contributed by atoms with Crippen molar-refractivity contribution in [2.24, 2.45) is 17.3 Å². The van der Waals surface area contributed by atoms with E-state index in [9.17, 15) is 9.90 Å². The number of hydrogen-bond donors (Lipinski definition) is 1. The third-order valence-corrected chi connectivity index (χ3v) is 5.06. The fourth-order valence-corrected chi connectivity index (χ4v) is 4.14. The van der Waals surface area contributed by atoms with Gasteiger partial charge in [-0.2, -0.15) is 0 Å². The Morgan fingerprint density at radius 2 is 2.32 bits per heavy atom. The summed E-state index contributed by atoms with van der Waals surface area (Å²) in [6, 6.07) is 7.82. The van der Waals surface area contributed by atoms with E-state index >= 15 is 0 Å². The summed E-state index contributed by atoms with van der Waals surface area (Å²) < 4.78 is 5.23. The molecule has 0 amide bonds. The average Bonchev–Trinajstić information content (AvgIpc) is 3.00. The van der Waals surface area contributed by atoms with Gasteiger partial charge in [0.15, 0.2) is 0 Å². The highest BCUT2D eigenvalue weighted by Crippen LogP contribution is 2.57. The normalized spacial score (nSPS) is 32.5. The van der Waals surface area contributed by atoms with Crippen molar-refractivity contribution in [1.82, 2.24) is 0 Å². The SMILES string of the molecule is COc1cccc(C[C@@]2(C(=O)O)C[C@H]3CC[C@H]2C3)c1. The molecule has 2 fully saturated rings. The lowest BCUT2D eigenvalue weighted by molar-refractivity contribution is -0.152. The summed E-state index contributed by atoms with van der Waals surface area (Å²) in [5.74, 6) is 1.19. The number of benzene rings is 1. The maximum atomic E-state index is 11.8. The second kappa shape index (κ2) is 4.55. The molecule has 0 radical (unpaired) electrons. The van der Waals surface area contributed by atoms with E-state index in [0.29, 0.717) is 18.3 Å². The summed E-state index contributed by atoms with van der Waals surface area (Å²) in [4.78, 5) is 11.8. The summed E-state index contributed by atoms with van der Waals surface area (Å²) in [6.07, 6.45) is 4.90. The van der Waals surface area contributed by atoms with Crippen LogP contribution in [-0.2, 0) is 11.2 Å². The van der Waals surface area contributed by atoms with Crippen LogP contribution in [0.1, 0.15) is 31.2 Å². The molecule has 0 unspecified atom stereocenters. The lowest BCUT2D eigenvalue weighted by atomic mass is 9.69. The molecule has 3 rings (SSSR count). The second-order valence-electron chi connectivity index (χ2n) is 6.07. The number of hydrogen-bond acceptors (Lipinski definition) is 2. The smallest absolute Gasteiger partial charge is 0.310 e. The third kappa shape index (κ3) is 2.01. The molecule has 0 spiro atoms. The molecule has 1 aromatic carbocycles. The van der Waals surface area contributed by atoms with Crippen molar-refractivity contribution in [3.05, 3.63) is 29.8 Å². The minimum atomic E-state index is -0.609. The number of ether oxygens (including phenoxy) is 1. The van der Waals surface area contributed by atoms with Crippen LogP contribution in [0.2, 0.25) is 0 Å². The molecule has 3 heteroatoms. The Morgan fingerprint density at radius 1 is 1.47 bits per heavy atom. The Balaban J connectivity index is 1.88. The van der Waals surface area contributed by atoms with Crippen LogP contribution >= 0.6 is 0 Å². The Bertz CT molecular complexity index is 497. The summed E-state index contributed by atoms with van der Waals surface area (Å²) in [5, 5.41) is 9.74. The molecule has 0 aromatic heterocycles. The predicted octanol–water partition coefficient (Wildman–Crippen LogP) is 3.13. The molecule has 2 saturated carbocycles. The molecule has 2 bridgehead atoms. The minimum Gasteiger partial charge on any atom is -0.497 e. The van der Waals surface area contributed by atoms with Crippen LogP contribution in [0.3, 0.4) is 0 Å². The van der Waals surface area contributed by atoms with E-state index in [1.807, 2.05) is 24.3 Å². The Morgan fingerprint density at radius 3 is 2.89 bits per heavy atom. The first-order valence-corrected chi connectivity index (χ1v) is 7.00. The van der Waals surface area contributed by atoms with Gasteiger partial charge in [0.1, 0.15) is 5.75 Å². The van der Waals surface area contributed by atoms with Crippen LogP contribution in [-0.4, -0.2) is 18.2 Å². The van der Waals surface area contributed by atoms with E-state index in [1.165, 1.54) is 6.42 Å². The summed E-state index contributed by atoms with van der Waals surface area (Å²) in [7, 11) is 1.64. The van der Waals surface area contributed by atoms with E-state index in [1.54, 1.807) is 7.11 Å². The number of carboxylic acid groups (broad SMARTS) is 1. The lowest BCUT2D eigenvalue weighted by Crippen LogP contribution is -2.38. The number of rotatable bonds is 4. The van der Waals surface area contributed by atoms with Crippen molar-refractivity contribution in [3.8, 4) is 5.75 Å². The number of methoxy groups -OCH3 is 1. The lowest BCUT2D eigenvalue weighted by Gasteiger charge is -2.33. The number of carbonyl (C=O) groups is 1. The average molecular weight is 260 g/mol. The van der Waals surface area contributed by atoms with Crippen molar-refractivity contribution in [2.45, 2.75) is 32.1 Å². The maximum Gasteiger partial charge on any atom is 0.310 e. The zero-order valence-electron chi connectivity index (χ0n) is 11.3. The Kier molecular flexibility index (Phi) is 3.00. The molecule has 2 aliphatic rings. The van der Waals surface area contributed by atoms with E-state index < -0.39 is 11.4 Å². The largest absolute Gasteiger partial charge is 0.497 e. The molecule has 0 saturated heterocycles. The third-order valence-electron chi connectivity index (χ3n) is 5.06. The van der Waals surface area contributed by atoms with Crippen LogP contribution in [0.4, 0.5) is 0 Å². The molecule has 1 N–H and O–H groups in total. The fraction of sp³-hybridized carbons (Fsp3) is 0.562. The van der Waals surface area contributed by atoms with Gasteiger partial charge in [-0.3, -0.25) is 4.79 Å². The highest BCUT2D eigenvalue weighted by Gasteiger charge is 2.55. The zero-order chi connectivity index (χ0) is 13.5. The van der Waals surface area contributed by atoms with Crippen molar-refractivity contribution in [2.75, 3.05) is 7.11 Å². The molecule has 2 aliphatic carbocycles. The van der Waals surface area contributed by atoms with Gasteiger partial charge in [-0.05, 0) is 55.2 Å². The highest BCUT2D eigenvalue weighted by molar-refractivity contribution is 5.76. The van der Waals surface area contributed by atoms with Crippen LogP contribution in [0, 0.1) is 17.3 Å².